The van der Waals surface area contributed by atoms with Crippen LogP contribution in [0.4, 0.5) is 0 Å². The monoisotopic (exact) mass is 854 g/mol. The second-order valence-corrected chi connectivity index (χ2v) is 18.1. The zero-order valence-corrected chi connectivity index (χ0v) is 39.4. The number of aliphatic carboxylic acids is 1. The van der Waals surface area contributed by atoms with Crippen molar-refractivity contribution in [2.75, 3.05) is 6.61 Å². The predicted octanol–water partition coefficient (Wildman–Crippen LogP) is 11.6. The largest absolute Gasteiger partial charge is 0.481 e. The molecule has 0 aliphatic rings. The van der Waals surface area contributed by atoms with Crippen LogP contribution in [0.15, 0.2) is 0 Å². The van der Waals surface area contributed by atoms with Gasteiger partial charge in [0, 0.05) is 25.7 Å². The molecule has 4 N–H and O–H groups in total. The molecule has 11 nitrogen and oxygen atoms in total. The summed E-state index contributed by atoms with van der Waals surface area (Å²) in [5.74, 6) is -4.07. The fraction of sp³-hybridized carbons (Fsp3) is 0.898. The molecular weight excluding hydrogens is 763 g/mol. The van der Waals surface area contributed by atoms with Crippen LogP contribution in [0.25, 0.3) is 0 Å². The molecule has 0 saturated carbocycles. The smallest absolute Gasteiger partial charge is 0.309 e. The quantitative estimate of drug-likeness (QED) is 0.0304. The first-order valence-corrected chi connectivity index (χ1v) is 24.4. The van der Waals surface area contributed by atoms with E-state index in [1.807, 2.05) is 0 Å². The van der Waals surface area contributed by atoms with Crippen LogP contribution in [0.1, 0.15) is 235 Å². The highest BCUT2D eigenvalue weighted by Crippen LogP contribution is 2.36. The van der Waals surface area contributed by atoms with E-state index in [1.54, 1.807) is 6.92 Å². The molecule has 0 spiro atoms. The van der Waals surface area contributed by atoms with Crippen molar-refractivity contribution >= 4 is 29.8 Å². The van der Waals surface area contributed by atoms with E-state index in [0.29, 0.717) is 25.7 Å². The van der Waals surface area contributed by atoms with Crippen LogP contribution in [-0.2, 0) is 38.2 Å². The third-order valence-electron chi connectivity index (χ3n) is 12.3. The van der Waals surface area contributed by atoms with E-state index in [4.69, 9.17) is 19.9 Å². The van der Waals surface area contributed by atoms with E-state index in [-0.39, 0.29) is 62.8 Å². The molecule has 0 radical (unpaired) electrons. The Morgan fingerprint density at radius 2 is 1.17 bits per heavy atom. The minimum atomic E-state index is -1.14. The number of carbonyl (C=O) groups excluding carboxylic acids is 4. The molecule has 0 fully saturated rings. The first-order chi connectivity index (χ1) is 28.7. The number of carboxylic acids is 1. The molecule has 0 aromatic heterocycles. The maximum Gasteiger partial charge on any atom is 0.309 e. The Labute approximate surface area is 365 Å². The van der Waals surface area contributed by atoms with Gasteiger partial charge < -0.3 is 30.2 Å². The summed E-state index contributed by atoms with van der Waals surface area (Å²) < 4.78 is 17.6. The number of aliphatic hydroxyl groups excluding tert-OH is 1. The highest BCUT2D eigenvalue weighted by atomic mass is 16.6. The van der Waals surface area contributed by atoms with Gasteiger partial charge in [-0.15, -0.1) is 0 Å². The SMILES string of the molecule is CCCCCCCCCCC(C)(C[C@H](CCC(CCC(=O)OC(CCCCCC(O)CCC)CC(CCCC)OC(C)=O)C(=O)OCC(CC)CCCC)C(N)=O)C(=O)O. The Morgan fingerprint density at radius 1 is 0.617 bits per heavy atom. The number of nitrogens with two attached hydrogens (primary N) is 1. The van der Waals surface area contributed by atoms with E-state index in [9.17, 15) is 34.2 Å². The van der Waals surface area contributed by atoms with Gasteiger partial charge in [0.25, 0.3) is 0 Å². The van der Waals surface area contributed by atoms with Crippen LogP contribution < -0.4 is 5.73 Å². The van der Waals surface area contributed by atoms with Gasteiger partial charge in [-0.25, -0.2) is 0 Å². The summed E-state index contributed by atoms with van der Waals surface area (Å²) in [5, 5.41) is 20.5. The molecule has 6 unspecified atom stereocenters. The molecule has 7 atom stereocenters. The van der Waals surface area contributed by atoms with E-state index < -0.39 is 47.2 Å². The van der Waals surface area contributed by atoms with Crippen LogP contribution >= 0.6 is 0 Å². The molecule has 0 aliphatic carbocycles. The van der Waals surface area contributed by atoms with Crippen LogP contribution in [-0.4, -0.2) is 64.9 Å². The van der Waals surface area contributed by atoms with Crippen LogP contribution in [0.5, 0.6) is 0 Å². The lowest BCUT2D eigenvalue weighted by Gasteiger charge is -2.29. The van der Waals surface area contributed by atoms with Crippen molar-refractivity contribution in [1.82, 2.24) is 0 Å². The van der Waals surface area contributed by atoms with Gasteiger partial charge in [-0.1, -0.05) is 137 Å². The second kappa shape index (κ2) is 35.9. The number of amides is 1. The van der Waals surface area contributed by atoms with Crippen molar-refractivity contribution < 1.29 is 48.4 Å². The van der Waals surface area contributed by atoms with Crippen molar-refractivity contribution in [3.05, 3.63) is 0 Å². The van der Waals surface area contributed by atoms with Crippen LogP contribution in [0.3, 0.4) is 0 Å². The lowest BCUT2D eigenvalue weighted by atomic mass is 9.75. The number of hydrogen-bond acceptors (Lipinski definition) is 9. The zero-order valence-electron chi connectivity index (χ0n) is 39.4. The number of aliphatic hydroxyl groups is 1. The van der Waals surface area contributed by atoms with Crippen LogP contribution in [0, 0.1) is 23.2 Å². The Morgan fingerprint density at radius 3 is 1.75 bits per heavy atom. The van der Waals surface area contributed by atoms with Gasteiger partial charge in [0.1, 0.15) is 12.2 Å². The molecule has 0 aromatic carbocycles. The highest BCUT2D eigenvalue weighted by Gasteiger charge is 2.37. The lowest BCUT2D eigenvalue weighted by molar-refractivity contribution is -0.156. The Bertz CT molecular complexity index is 1150. The number of hydrogen-bond donors (Lipinski definition) is 3. The zero-order chi connectivity index (χ0) is 45.2. The number of primary amides is 1. The van der Waals surface area contributed by atoms with Gasteiger partial charge in [0.05, 0.1) is 24.0 Å². The van der Waals surface area contributed by atoms with Gasteiger partial charge in [-0.3, -0.25) is 24.0 Å². The average molecular weight is 854 g/mol. The molecule has 60 heavy (non-hydrogen) atoms. The molecule has 352 valence electrons. The number of carbonyl (C=O) groups is 5. The maximum absolute atomic E-state index is 13.7. The van der Waals surface area contributed by atoms with Crippen molar-refractivity contribution in [3.8, 4) is 0 Å². The fourth-order valence-electron chi connectivity index (χ4n) is 8.19. The first kappa shape index (κ1) is 57.3. The average Bonchev–Trinajstić information content (AvgIpc) is 3.19. The molecule has 0 bridgehead atoms. The summed E-state index contributed by atoms with van der Waals surface area (Å²) >= 11 is 0. The standard InChI is InChI=1S/C49H91NO10/c1-8-13-16-17-18-19-20-24-34-49(7,48(56)57)36-41(46(50)54)31-30-40(47(55)58-37-39(12-5)26-14-9-2)32-33-45(53)60-44(29-23-21-22-27-42(52)25-11-4)35-43(28-15-10-3)59-38(6)51/h39-44,52H,8-37H2,1-7H3,(H2,50,54)(H,56,57)/t39?,40?,41-,42?,43?,44?,49?/m0/s1. The number of carboxylic acid groups (broad SMARTS) is 1. The Kier molecular flexibility index (Phi) is 34.3. The van der Waals surface area contributed by atoms with Gasteiger partial charge in [0.2, 0.25) is 5.91 Å². The highest BCUT2D eigenvalue weighted by molar-refractivity contribution is 5.80. The fourth-order valence-corrected chi connectivity index (χ4v) is 8.19. The van der Waals surface area contributed by atoms with Crippen molar-refractivity contribution in [2.45, 2.75) is 253 Å². The first-order valence-electron chi connectivity index (χ1n) is 24.4. The van der Waals surface area contributed by atoms with Crippen molar-refractivity contribution in [3.63, 3.8) is 0 Å². The van der Waals surface area contributed by atoms with E-state index in [0.717, 1.165) is 103 Å². The Hall–Kier alpha value is -2.69. The van der Waals surface area contributed by atoms with Gasteiger partial charge >= 0.3 is 23.9 Å². The van der Waals surface area contributed by atoms with Gasteiger partial charge in [-0.05, 0) is 83.5 Å². The summed E-state index contributed by atoms with van der Waals surface area (Å²) in [5.41, 5.74) is 4.76. The third-order valence-corrected chi connectivity index (χ3v) is 12.3. The normalized spacial score (nSPS) is 15.5. The molecule has 1 amide bonds. The maximum atomic E-state index is 13.7. The van der Waals surface area contributed by atoms with Gasteiger partial charge in [-0.2, -0.15) is 0 Å². The van der Waals surface area contributed by atoms with Crippen molar-refractivity contribution in [1.29, 1.82) is 0 Å². The lowest BCUT2D eigenvalue weighted by Crippen LogP contribution is -2.35. The summed E-state index contributed by atoms with van der Waals surface area (Å²) in [6.07, 6.45) is 20.8. The van der Waals surface area contributed by atoms with Crippen LogP contribution in [0.2, 0.25) is 0 Å². The molecule has 0 aromatic rings. The summed E-state index contributed by atoms with van der Waals surface area (Å²) in [6.45, 7) is 13.9. The van der Waals surface area contributed by atoms with Crippen molar-refractivity contribution in [2.24, 2.45) is 28.9 Å². The predicted molar refractivity (Wildman–Crippen MR) is 240 cm³/mol. The summed E-state index contributed by atoms with van der Waals surface area (Å²) in [6, 6.07) is 0. The molecular formula is C49H91NO10. The van der Waals surface area contributed by atoms with E-state index in [1.165, 1.54) is 32.6 Å². The number of unbranched alkanes of at least 4 members (excludes halogenated alkanes) is 11. The molecule has 0 aliphatic heterocycles. The number of esters is 3. The summed E-state index contributed by atoms with van der Waals surface area (Å²) in [4.78, 5) is 64.6. The van der Waals surface area contributed by atoms with Gasteiger partial charge in [0.15, 0.2) is 0 Å². The molecule has 11 heteroatoms. The Balaban J connectivity index is 5.95. The number of rotatable bonds is 41. The minimum absolute atomic E-state index is 0.0494. The minimum Gasteiger partial charge on any atom is -0.481 e. The molecule has 0 heterocycles. The van der Waals surface area contributed by atoms with E-state index >= 15 is 0 Å². The molecule has 0 rings (SSSR count). The van der Waals surface area contributed by atoms with E-state index in [2.05, 4.69) is 34.6 Å². The molecule has 0 saturated heterocycles. The summed E-state index contributed by atoms with van der Waals surface area (Å²) in [7, 11) is 0. The number of ether oxygens (including phenoxy) is 3. The third kappa shape index (κ3) is 28.8. The topological polar surface area (TPSA) is 180 Å². The second-order valence-electron chi connectivity index (χ2n) is 18.1.